The van der Waals surface area contributed by atoms with E-state index in [0.29, 0.717) is 5.65 Å². The lowest BCUT2D eigenvalue weighted by Crippen LogP contribution is -2.05. The van der Waals surface area contributed by atoms with Crippen molar-refractivity contribution >= 4 is 18.7 Å². The Morgan fingerprint density at radius 3 is 2.81 bits per heavy atom. The van der Waals surface area contributed by atoms with E-state index in [0.717, 1.165) is 5.56 Å². The summed E-state index contributed by atoms with van der Waals surface area (Å²) < 4.78 is 12.7. The minimum absolute atomic E-state index is 0.177. The lowest BCUT2D eigenvalue weighted by Gasteiger charge is -2.06. The quantitative estimate of drug-likeness (QED) is 0.445. The number of aliphatic hydroxyl groups excluding tert-OH is 1. The summed E-state index contributed by atoms with van der Waals surface area (Å²) in [5, 5.41) is 22.9. The van der Waals surface area contributed by atoms with Crippen molar-refractivity contribution in [2.45, 2.75) is 12.5 Å². The molecule has 0 saturated heterocycles. The molecule has 0 amide bonds. The molecule has 0 aliphatic rings. The summed E-state index contributed by atoms with van der Waals surface area (Å²) >= 11 is 0. The topological polar surface area (TPSA) is 150 Å². The second-order valence-corrected chi connectivity index (χ2v) is 5.98. The van der Waals surface area contributed by atoms with Crippen LogP contribution in [0.4, 0.5) is 0 Å². The van der Waals surface area contributed by atoms with Crippen molar-refractivity contribution in [3.63, 3.8) is 0 Å². The van der Waals surface area contributed by atoms with E-state index in [1.165, 1.54) is 10.6 Å². The predicted octanol–water partition coefficient (Wildman–Crippen LogP) is -1.07. The second kappa shape index (κ2) is 5.01. The smallest absolute Gasteiger partial charge is 0.376 e. The third-order valence-electron chi connectivity index (χ3n) is 2.89. The highest BCUT2D eigenvalue weighted by atomic mass is 31.2. The van der Waals surface area contributed by atoms with Crippen molar-refractivity contribution in [2.24, 2.45) is 0 Å². The number of rotatable bonds is 4. The number of hydrogen-bond donors (Lipinski definition) is 4. The van der Waals surface area contributed by atoms with Gasteiger partial charge in [-0.05, 0) is 11.6 Å². The lowest BCUT2D eigenvalue weighted by molar-refractivity contribution is 0.168. The van der Waals surface area contributed by atoms with Crippen molar-refractivity contribution in [3.05, 3.63) is 35.9 Å². The molecule has 1 atom stereocenters. The number of nitrogens with one attached hydrogen (secondary N) is 1. The molecule has 11 heteroatoms. The summed E-state index contributed by atoms with van der Waals surface area (Å²) in [6.45, 7) is 0. The molecule has 0 bridgehead atoms. The fraction of sp³-hybridized carbons (Fsp3) is 0.200. The Balaban J connectivity index is 1.89. The molecule has 0 aromatic carbocycles. The number of nitrogens with zero attached hydrogens (tertiary/aromatic N) is 5. The van der Waals surface area contributed by atoms with Crippen LogP contribution in [-0.4, -0.2) is 44.9 Å². The minimum Gasteiger partial charge on any atom is -0.385 e. The van der Waals surface area contributed by atoms with Gasteiger partial charge in [0.25, 0.3) is 0 Å². The van der Waals surface area contributed by atoms with Gasteiger partial charge in [-0.15, -0.1) is 10.2 Å². The molecule has 10 nitrogen and oxygen atoms in total. The number of aliphatic hydroxyl groups is 1. The van der Waals surface area contributed by atoms with Crippen LogP contribution in [0.2, 0.25) is 0 Å². The van der Waals surface area contributed by atoms with Crippen LogP contribution in [0.1, 0.15) is 17.5 Å². The van der Waals surface area contributed by atoms with Crippen molar-refractivity contribution in [3.8, 4) is 0 Å². The van der Waals surface area contributed by atoms with E-state index in [9.17, 15) is 9.67 Å². The third-order valence-corrected chi connectivity index (χ3v) is 3.70. The van der Waals surface area contributed by atoms with E-state index >= 15 is 0 Å². The molecule has 4 N–H and O–H groups in total. The number of imidazole rings is 1. The highest BCUT2D eigenvalue weighted by Crippen LogP contribution is 2.32. The van der Waals surface area contributed by atoms with Crippen LogP contribution in [-0.2, 0) is 11.0 Å². The molecule has 0 radical (unpaired) electrons. The summed E-state index contributed by atoms with van der Waals surface area (Å²) in [4.78, 5) is 22.0. The Bertz CT molecular complexity index is 810. The predicted molar refractivity (Wildman–Crippen MR) is 69.7 cm³/mol. The number of hydrogen-bond acceptors (Lipinski definition) is 6. The van der Waals surface area contributed by atoms with E-state index in [2.05, 4.69) is 25.6 Å². The average molecular weight is 310 g/mol. The first-order chi connectivity index (χ1) is 9.93. The van der Waals surface area contributed by atoms with Crippen LogP contribution in [0.3, 0.4) is 0 Å². The molecule has 3 heterocycles. The first-order valence-corrected chi connectivity index (χ1v) is 7.50. The molecular weight excluding hydrogens is 299 g/mol. The summed E-state index contributed by atoms with van der Waals surface area (Å²) in [5.41, 5.74) is 0.846. The van der Waals surface area contributed by atoms with Gasteiger partial charge in [0.05, 0.1) is 0 Å². The second-order valence-electron chi connectivity index (χ2n) is 4.44. The number of aromatic nitrogens is 6. The molecule has 0 saturated carbocycles. The molecule has 1 unspecified atom stereocenters. The maximum absolute atomic E-state index is 11.2. The van der Waals surface area contributed by atoms with Gasteiger partial charge in [-0.3, -0.25) is 4.57 Å². The highest BCUT2D eigenvalue weighted by Gasteiger charge is 2.21. The van der Waals surface area contributed by atoms with Crippen LogP contribution < -0.4 is 5.44 Å². The monoisotopic (exact) mass is 310 g/mol. The summed E-state index contributed by atoms with van der Waals surface area (Å²) in [7, 11) is -4.39. The first-order valence-electron chi connectivity index (χ1n) is 5.88. The van der Waals surface area contributed by atoms with Gasteiger partial charge >= 0.3 is 7.60 Å². The molecule has 3 rings (SSSR count). The lowest BCUT2D eigenvalue weighted by atomic mass is 10.1. The van der Waals surface area contributed by atoms with Crippen molar-refractivity contribution in [1.29, 1.82) is 0 Å². The zero-order valence-electron chi connectivity index (χ0n) is 10.5. The number of aromatic amines is 1. The van der Waals surface area contributed by atoms with Crippen LogP contribution in [0.15, 0.2) is 24.5 Å². The highest BCUT2D eigenvalue weighted by molar-refractivity contribution is 7.60. The number of H-pyrrole nitrogens is 1. The molecule has 0 fully saturated rings. The normalized spacial score (nSPS) is 13.7. The van der Waals surface area contributed by atoms with Gasteiger partial charge in [0.1, 0.15) is 11.8 Å². The Morgan fingerprint density at radius 2 is 2.14 bits per heavy atom. The molecule has 3 aromatic heterocycles. The van der Waals surface area contributed by atoms with Crippen LogP contribution in [0.5, 0.6) is 0 Å². The Hall–Kier alpha value is -2.13. The van der Waals surface area contributed by atoms with Crippen LogP contribution in [0.25, 0.3) is 5.65 Å². The summed E-state index contributed by atoms with van der Waals surface area (Å²) in [6.07, 6.45) is 2.20. The van der Waals surface area contributed by atoms with E-state index in [-0.39, 0.29) is 17.7 Å². The van der Waals surface area contributed by atoms with Crippen LogP contribution in [0, 0.1) is 0 Å². The molecule has 0 aliphatic heterocycles. The molecule has 0 spiro atoms. The van der Waals surface area contributed by atoms with Gasteiger partial charge in [0.2, 0.25) is 5.82 Å². The van der Waals surface area contributed by atoms with E-state index in [1.54, 1.807) is 18.3 Å². The number of tetrazole rings is 1. The van der Waals surface area contributed by atoms with E-state index in [1.807, 2.05) is 0 Å². The number of fused-ring (bicyclic) bond motifs is 1. The van der Waals surface area contributed by atoms with Crippen molar-refractivity contribution < 1.29 is 19.5 Å². The summed E-state index contributed by atoms with van der Waals surface area (Å²) in [5.74, 6) is 0.177. The Morgan fingerprint density at radius 1 is 1.33 bits per heavy atom. The average Bonchev–Trinajstić information content (AvgIpc) is 3.06. The van der Waals surface area contributed by atoms with Gasteiger partial charge in [-0.25, -0.2) is 4.98 Å². The van der Waals surface area contributed by atoms with E-state index < -0.39 is 13.7 Å². The first kappa shape index (κ1) is 13.8. The molecule has 3 aromatic rings. The standard InChI is InChI=1S/C10H11N6O4P/c17-7(10-12-14-15-13-10)3-6-1-2-8-11-9(21(18,19)20)5-16(8)4-6/h1-2,4-5,7,17H,3H2,(H2,18,19,20)(H,12,13,14,15). The van der Waals surface area contributed by atoms with E-state index in [4.69, 9.17) is 9.79 Å². The zero-order valence-corrected chi connectivity index (χ0v) is 11.4. The Labute approximate surface area is 117 Å². The van der Waals surface area contributed by atoms with Gasteiger partial charge in [-0.2, -0.15) is 5.21 Å². The number of pyridine rings is 1. The zero-order chi connectivity index (χ0) is 15.0. The minimum atomic E-state index is -4.39. The third kappa shape index (κ3) is 2.83. The largest absolute Gasteiger partial charge is 0.385 e. The van der Waals surface area contributed by atoms with Gasteiger partial charge in [0, 0.05) is 18.8 Å². The molecular formula is C10H11N6O4P. The maximum Gasteiger partial charge on any atom is 0.376 e. The molecule has 110 valence electrons. The SMILES string of the molecule is O=P(O)(O)c1cn2cc(CC(O)c3nn[nH]n3)ccc2n1. The van der Waals surface area contributed by atoms with Gasteiger partial charge in [-0.1, -0.05) is 11.3 Å². The van der Waals surface area contributed by atoms with Gasteiger partial charge < -0.3 is 19.3 Å². The fourth-order valence-electron chi connectivity index (χ4n) is 1.91. The molecule has 0 aliphatic carbocycles. The maximum atomic E-state index is 11.2. The summed E-state index contributed by atoms with van der Waals surface area (Å²) in [6, 6.07) is 3.31. The van der Waals surface area contributed by atoms with Gasteiger partial charge in [0.15, 0.2) is 5.44 Å². The molecule has 21 heavy (non-hydrogen) atoms. The fourth-order valence-corrected chi connectivity index (χ4v) is 2.42. The van der Waals surface area contributed by atoms with Crippen molar-refractivity contribution in [1.82, 2.24) is 30.0 Å². The Kier molecular flexibility index (Phi) is 3.30. The van der Waals surface area contributed by atoms with Crippen LogP contribution >= 0.6 is 7.60 Å². The van der Waals surface area contributed by atoms with Crippen molar-refractivity contribution in [2.75, 3.05) is 0 Å².